The van der Waals surface area contributed by atoms with Gasteiger partial charge in [0.25, 0.3) is 0 Å². The van der Waals surface area contributed by atoms with Crippen LogP contribution in [-0.2, 0) is 12.0 Å². The summed E-state index contributed by atoms with van der Waals surface area (Å²) in [6.45, 7) is 3.68. The van der Waals surface area contributed by atoms with Crippen LogP contribution in [0.5, 0.6) is 0 Å². The third-order valence-corrected chi connectivity index (χ3v) is 4.23. The Hall–Kier alpha value is -1.94. The molecule has 1 N–H and O–H groups in total. The summed E-state index contributed by atoms with van der Waals surface area (Å²) in [4.78, 5) is 11.0. The number of hydrogen-bond donors (Lipinski definition) is 1. The van der Waals surface area contributed by atoms with Gasteiger partial charge in [-0.05, 0) is 24.5 Å². The highest BCUT2D eigenvalue weighted by Gasteiger charge is 2.34. The van der Waals surface area contributed by atoms with Crippen LogP contribution in [0.25, 0.3) is 0 Å². The summed E-state index contributed by atoms with van der Waals surface area (Å²) in [5.41, 5.74) is 0.305. The first-order chi connectivity index (χ1) is 10.2. The Labute approximate surface area is 125 Å². The second-order valence-electron chi connectivity index (χ2n) is 5.57. The molecule has 0 aliphatic carbocycles. The molecule has 0 unspecified atom stereocenters. The van der Waals surface area contributed by atoms with Crippen LogP contribution >= 0.6 is 0 Å². The molecule has 2 heterocycles. The molecule has 0 spiro atoms. The van der Waals surface area contributed by atoms with E-state index in [1.807, 2.05) is 42.6 Å². The Morgan fingerprint density at radius 2 is 1.86 bits per heavy atom. The van der Waals surface area contributed by atoms with E-state index in [9.17, 15) is 5.11 Å². The first kappa shape index (κ1) is 14.0. The fourth-order valence-electron chi connectivity index (χ4n) is 2.88. The number of hydrogen-bond acceptors (Lipinski definition) is 4. The molecule has 1 aliphatic rings. The summed E-state index contributed by atoms with van der Waals surface area (Å²) in [7, 11) is 0. The lowest BCUT2D eigenvalue weighted by molar-refractivity contribution is 0.0116. The van der Waals surface area contributed by atoms with E-state index in [2.05, 4.69) is 21.8 Å². The Morgan fingerprint density at radius 3 is 2.52 bits per heavy atom. The monoisotopic (exact) mass is 283 g/mol. The van der Waals surface area contributed by atoms with Crippen molar-refractivity contribution in [3.63, 3.8) is 0 Å². The average molecular weight is 283 g/mol. The molecule has 0 amide bonds. The number of anilines is 1. The number of nitrogens with zero attached hydrogens (tertiary/aromatic N) is 3. The van der Waals surface area contributed by atoms with Gasteiger partial charge in [-0.3, -0.25) is 0 Å². The highest BCUT2D eigenvalue weighted by atomic mass is 16.3. The van der Waals surface area contributed by atoms with E-state index in [-0.39, 0.29) is 0 Å². The van der Waals surface area contributed by atoms with Crippen molar-refractivity contribution in [1.82, 2.24) is 9.97 Å². The molecule has 0 saturated carbocycles. The van der Waals surface area contributed by atoms with E-state index in [0.29, 0.717) is 0 Å². The van der Waals surface area contributed by atoms with Gasteiger partial charge in [-0.25, -0.2) is 9.97 Å². The minimum Gasteiger partial charge on any atom is -0.385 e. The van der Waals surface area contributed by atoms with Crippen molar-refractivity contribution in [3.05, 3.63) is 54.0 Å². The molecule has 0 atom stereocenters. The molecule has 1 saturated heterocycles. The maximum Gasteiger partial charge on any atom is 0.132 e. The maximum absolute atomic E-state index is 10.8. The Balaban J connectivity index is 1.73. The van der Waals surface area contributed by atoms with Gasteiger partial charge in [0, 0.05) is 25.7 Å². The number of aromatic nitrogens is 2. The van der Waals surface area contributed by atoms with Crippen molar-refractivity contribution in [2.24, 2.45) is 0 Å². The number of aryl methyl sites for hydroxylation is 1. The van der Waals surface area contributed by atoms with Crippen molar-refractivity contribution in [2.45, 2.75) is 31.8 Å². The van der Waals surface area contributed by atoms with E-state index in [4.69, 9.17) is 0 Å². The van der Waals surface area contributed by atoms with E-state index < -0.39 is 5.60 Å². The standard InChI is InChI=1S/C17H21N3O/c1-2-15-18-11-8-16(19-15)20-12-9-17(21,10-13-20)14-6-4-3-5-7-14/h3-8,11,21H,2,9-10,12-13H2,1H3. The van der Waals surface area contributed by atoms with Crippen LogP contribution in [0.3, 0.4) is 0 Å². The minimum absolute atomic E-state index is 0.710. The Kier molecular flexibility index (Phi) is 3.88. The molecule has 1 fully saturated rings. The zero-order valence-corrected chi connectivity index (χ0v) is 12.4. The number of aliphatic hydroxyl groups is 1. The average Bonchev–Trinajstić information content (AvgIpc) is 2.56. The van der Waals surface area contributed by atoms with Gasteiger partial charge < -0.3 is 10.0 Å². The third-order valence-electron chi connectivity index (χ3n) is 4.23. The fraction of sp³-hybridized carbons (Fsp3) is 0.412. The van der Waals surface area contributed by atoms with E-state index in [1.165, 1.54) is 0 Å². The summed E-state index contributed by atoms with van der Waals surface area (Å²) in [5.74, 6) is 1.84. The highest BCUT2D eigenvalue weighted by molar-refractivity contribution is 5.39. The topological polar surface area (TPSA) is 49.2 Å². The summed E-state index contributed by atoms with van der Waals surface area (Å²) >= 11 is 0. The second-order valence-corrected chi connectivity index (χ2v) is 5.57. The van der Waals surface area contributed by atoms with Gasteiger partial charge >= 0.3 is 0 Å². The molecule has 1 aromatic heterocycles. The van der Waals surface area contributed by atoms with Gasteiger partial charge in [0.2, 0.25) is 0 Å². The molecule has 3 rings (SSSR count). The second kappa shape index (κ2) is 5.82. The van der Waals surface area contributed by atoms with Crippen molar-refractivity contribution >= 4 is 5.82 Å². The van der Waals surface area contributed by atoms with E-state index >= 15 is 0 Å². The minimum atomic E-state index is -0.710. The van der Waals surface area contributed by atoms with Crippen molar-refractivity contribution in [2.75, 3.05) is 18.0 Å². The highest BCUT2D eigenvalue weighted by Crippen LogP contribution is 2.33. The number of piperidine rings is 1. The van der Waals surface area contributed by atoms with Gasteiger partial charge in [0.05, 0.1) is 5.60 Å². The fourth-order valence-corrected chi connectivity index (χ4v) is 2.88. The molecule has 4 nitrogen and oxygen atoms in total. The van der Waals surface area contributed by atoms with Crippen LogP contribution in [0.2, 0.25) is 0 Å². The summed E-state index contributed by atoms with van der Waals surface area (Å²) in [5, 5.41) is 10.8. The lowest BCUT2D eigenvalue weighted by Gasteiger charge is -2.39. The number of benzene rings is 1. The summed E-state index contributed by atoms with van der Waals surface area (Å²) < 4.78 is 0. The van der Waals surface area contributed by atoms with Crippen LogP contribution in [0, 0.1) is 0 Å². The number of rotatable bonds is 3. The quantitative estimate of drug-likeness (QED) is 0.940. The largest absolute Gasteiger partial charge is 0.385 e. The zero-order valence-electron chi connectivity index (χ0n) is 12.4. The summed E-state index contributed by atoms with van der Waals surface area (Å²) in [6.07, 6.45) is 4.11. The Bertz CT molecular complexity index is 592. The smallest absolute Gasteiger partial charge is 0.132 e. The van der Waals surface area contributed by atoms with Gasteiger partial charge in [-0.15, -0.1) is 0 Å². The predicted octanol–water partition coefficient (Wildman–Crippen LogP) is 2.53. The molecule has 21 heavy (non-hydrogen) atoms. The van der Waals surface area contributed by atoms with E-state index in [0.717, 1.165) is 49.6 Å². The first-order valence-electron chi connectivity index (χ1n) is 7.56. The normalized spacial score (nSPS) is 17.7. The van der Waals surface area contributed by atoms with Crippen LogP contribution in [-0.4, -0.2) is 28.2 Å². The SMILES string of the molecule is CCc1nccc(N2CCC(O)(c3ccccc3)CC2)n1. The lowest BCUT2D eigenvalue weighted by atomic mass is 9.84. The zero-order chi connectivity index (χ0) is 14.7. The van der Waals surface area contributed by atoms with Gasteiger partial charge in [0.1, 0.15) is 11.6 Å². The Morgan fingerprint density at radius 1 is 1.14 bits per heavy atom. The molecule has 4 heteroatoms. The van der Waals surface area contributed by atoms with Crippen molar-refractivity contribution < 1.29 is 5.11 Å². The lowest BCUT2D eigenvalue weighted by Crippen LogP contribution is -2.43. The molecule has 1 aliphatic heterocycles. The maximum atomic E-state index is 10.8. The van der Waals surface area contributed by atoms with Gasteiger partial charge in [-0.1, -0.05) is 37.3 Å². The van der Waals surface area contributed by atoms with Crippen LogP contribution in [0.1, 0.15) is 31.2 Å². The van der Waals surface area contributed by atoms with Crippen molar-refractivity contribution in [1.29, 1.82) is 0 Å². The predicted molar refractivity (Wildman–Crippen MR) is 83.2 cm³/mol. The third kappa shape index (κ3) is 2.90. The van der Waals surface area contributed by atoms with Crippen LogP contribution in [0.4, 0.5) is 5.82 Å². The molecular weight excluding hydrogens is 262 g/mol. The molecule has 0 radical (unpaired) electrons. The van der Waals surface area contributed by atoms with Crippen LogP contribution in [0.15, 0.2) is 42.6 Å². The first-order valence-corrected chi connectivity index (χ1v) is 7.56. The van der Waals surface area contributed by atoms with E-state index in [1.54, 1.807) is 0 Å². The van der Waals surface area contributed by atoms with Gasteiger partial charge in [-0.2, -0.15) is 0 Å². The molecule has 2 aromatic rings. The van der Waals surface area contributed by atoms with Crippen LogP contribution < -0.4 is 4.90 Å². The molecule has 0 bridgehead atoms. The molecule has 110 valence electrons. The molecular formula is C17H21N3O. The van der Waals surface area contributed by atoms with Gasteiger partial charge in [0.15, 0.2) is 0 Å². The summed E-state index contributed by atoms with van der Waals surface area (Å²) in [6, 6.07) is 11.9. The van der Waals surface area contributed by atoms with Crippen molar-refractivity contribution in [3.8, 4) is 0 Å². The molecule has 1 aromatic carbocycles.